The highest BCUT2D eigenvalue weighted by Crippen LogP contribution is 2.19. The maximum absolute atomic E-state index is 12.5. The fraction of sp³-hybridized carbons (Fsp3) is 0.389. The number of benzene rings is 1. The van der Waals surface area contributed by atoms with Crippen LogP contribution in [0.1, 0.15) is 44.4 Å². The Labute approximate surface area is 146 Å². The van der Waals surface area contributed by atoms with Crippen molar-refractivity contribution in [1.82, 2.24) is 24.8 Å². The Balaban J connectivity index is 1.68. The maximum atomic E-state index is 12.5. The Kier molecular flexibility index (Phi) is 4.74. The molecule has 2 N–H and O–H groups in total. The van der Waals surface area contributed by atoms with Gasteiger partial charge in [0.25, 0.3) is 0 Å². The van der Waals surface area contributed by atoms with Crippen molar-refractivity contribution >= 4 is 16.9 Å². The number of carbonyl (C=O) groups is 1. The number of fused-ring (bicyclic) bond motifs is 1. The third-order valence-corrected chi connectivity index (χ3v) is 4.18. The number of hydrogen-bond donors (Lipinski definition) is 2. The summed E-state index contributed by atoms with van der Waals surface area (Å²) >= 11 is 0. The summed E-state index contributed by atoms with van der Waals surface area (Å²) in [6.45, 7) is 6.33. The molecular formula is C18H23N5O2. The first-order valence-corrected chi connectivity index (χ1v) is 8.32. The first-order chi connectivity index (χ1) is 12.0. The van der Waals surface area contributed by atoms with Crippen molar-refractivity contribution in [1.29, 1.82) is 0 Å². The van der Waals surface area contributed by atoms with Gasteiger partial charge in [0.05, 0.1) is 24.7 Å². The predicted molar refractivity (Wildman–Crippen MR) is 95.5 cm³/mol. The van der Waals surface area contributed by atoms with Gasteiger partial charge in [-0.2, -0.15) is 0 Å². The number of nitrogens with zero attached hydrogens (tertiary/aromatic N) is 3. The molecule has 2 aromatic heterocycles. The number of H-pyrrole nitrogens is 1. The summed E-state index contributed by atoms with van der Waals surface area (Å²) in [5.74, 6) is 2.56. The molecule has 1 amide bonds. The average molecular weight is 341 g/mol. The summed E-state index contributed by atoms with van der Waals surface area (Å²) in [5.41, 5.74) is 1.73. The molecule has 25 heavy (non-hydrogen) atoms. The van der Waals surface area contributed by atoms with Gasteiger partial charge in [0.2, 0.25) is 5.91 Å². The van der Waals surface area contributed by atoms with Gasteiger partial charge < -0.3 is 19.6 Å². The number of methoxy groups -OCH3 is 1. The van der Waals surface area contributed by atoms with Crippen molar-refractivity contribution < 1.29 is 9.53 Å². The number of rotatable bonds is 6. The lowest BCUT2D eigenvalue weighted by atomic mass is 10.2. The SMILES string of the molecule is COc1ccc2nc(CNC(=O)C(C)n3ccnc3C(C)C)[nH]c2c1. The second kappa shape index (κ2) is 6.96. The van der Waals surface area contributed by atoms with Gasteiger partial charge in [-0.3, -0.25) is 4.79 Å². The van der Waals surface area contributed by atoms with E-state index in [-0.39, 0.29) is 17.9 Å². The van der Waals surface area contributed by atoms with Gasteiger partial charge in [-0.1, -0.05) is 13.8 Å². The van der Waals surface area contributed by atoms with Crippen molar-refractivity contribution in [3.05, 3.63) is 42.2 Å². The Morgan fingerprint density at radius 3 is 2.88 bits per heavy atom. The van der Waals surface area contributed by atoms with E-state index in [1.54, 1.807) is 13.3 Å². The van der Waals surface area contributed by atoms with E-state index in [2.05, 4.69) is 34.1 Å². The topological polar surface area (TPSA) is 84.8 Å². The van der Waals surface area contributed by atoms with E-state index in [1.165, 1.54) is 0 Å². The molecule has 0 aliphatic heterocycles. The highest BCUT2D eigenvalue weighted by Gasteiger charge is 2.19. The number of imidazole rings is 2. The largest absolute Gasteiger partial charge is 0.497 e. The molecule has 2 heterocycles. The Morgan fingerprint density at radius 2 is 2.16 bits per heavy atom. The van der Waals surface area contributed by atoms with Gasteiger partial charge in [-0.15, -0.1) is 0 Å². The van der Waals surface area contributed by atoms with Gasteiger partial charge in [0.15, 0.2) is 0 Å². The highest BCUT2D eigenvalue weighted by atomic mass is 16.5. The molecule has 0 saturated carbocycles. The van der Waals surface area contributed by atoms with Crippen LogP contribution in [0.15, 0.2) is 30.6 Å². The Hall–Kier alpha value is -2.83. The third kappa shape index (κ3) is 3.50. The van der Waals surface area contributed by atoms with E-state index in [0.29, 0.717) is 12.4 Å². The highest BCUT2D eigenvalue weighted by molar-refractivity contribution is 5.80. The van der Waals surface area contributed by atoms with Crippen LogP contribution < -0.4 is 10.1 Å². The van der Waals surface area contributed by atoms with Crippen LogP contribution in [0.3, 0.4) is 0 Å². The summed E-state index contributed by atoms with van der Waals surface area (Å²) < 4.78 is 7.11. The molecule has 1 atom stereocenters. The number of aromatic nitrogens is 4. The Morgan fingerprint density at radius 1 is 1.36 bits per heavy atom. The number of ether oxygens (including phenoxy) is 1. The average Bonchev–Trinajstić information content (AvgIpc) is 3.24. The standard InChI is InChI=1S/C18H23N5O2/c1-11(2)17-19-7-8-23(17)12(3)18(24)20-10-16-21-14-6-5-13(25-4)9-15(14)22-16/h5-9,11-12H,10H2,1-4H3,(H,20,24)(H,21,22). The summed E-state index contributed by atoms with van der Waals surface area (Å²) in [4.78, 5) is 24.5. The van der Waals surface area contributed by atoms with E-state index in [1.807, 2.05) is 35.9 Å². The first kappa shape index (κ1) is 17.0. The molecule has 132 valence electrons. The van der Waals surface area contributed by atoms with Crippen molar-refractivity contribution in [3.63, 3.8) is 0 Å². The lowest BCUT2D eigenvalue weighted by Crippen LogP contribution is -2.31. The predicted octanol–water partition coefficient (Wildman–Crippen LogP) is 2.77. The molecule has 3 rings (SSSR count). The van der Waals surface area contributed by atoms with E-state index in [0.717, 1.165) is 22.6 Å². The molecule has 0 radical (unpaired) electrons. The minimum atomic E-state index is -0.329. The van der Waals surface area contributed by atoms with Crippen molar-refractivity contribution in [3.8, 4) is 5.75 Å². The minimum absolute atomic E-state index is 0.0714. The lowest BCUT2D eigenvalue weighted by molar-refractivity contribution is -0.124. The summed E-state index contributed by atoms with van der Waals surface area (Å²) in [6.07, 6.45) is 3.57. The molecule has 0 fully saturated rings. The van der Waals surface area contributed by atoms with Crippen LogP contribution in [0, 0.1) is 0 Å². The molecule has 0 aliphatic carbocycles. The molecule has 0 spiro atoms. The normalized spacial score (nSPS) is 12.5. The minimum Gasteiger partial charge on any atom is -0.497 e. The van der Waals surface area contributed by atoms with Crippen LogP contribution in [-0.2, 0) is 11.3 Å². The van der Waals surface area contributed by atoms with Gasteiger partial charge in [0, 0.05) is 24.4 Å². The molecule has 7 heteroatoms. The second-order valence-corrected chi connectivity index (χ2v) is 6.31. The zero-order chi connectivity index (χ0) is 18.0. The van der Waals surface area contributed by atoms with Crippen molar-refractivity contribution in [2.75, 3.05) is 7.11 Å². The molecule has 7 nitrogen and oxygen atoms in total. The first-order valence-electron chi connectivity index (χ1n) is 8.32. The summed E-state index contributed by atoms with van der Waals surface area (Å²) in [6, 6.07) is 5.31. The number of nitrogens with one attached hydrogen (secondary N) is 2. The lowest BCUT2D eigenvalue weighted by Gasteiger charge is -2.17. The van der Waals surface area contributed by atoms with Crippen molar-refractivity contribution in [2.24, 2.45) is 0 Å². The van der Waals surface area contributed by atoms with Crippen LogP contribution in [0.5, 0.6) is 5.75 Å². The fourth-order valence-electron chi connectivity index (χ4n) is 2.80. The van der Waals surface area contributed by atoms with E-state index < -0.39 is 0 Å². The quantitative estimate of drug-likeness (QED) is 0.722. The molecule has 1 aromatic carbocycles. The van der Waals surface area contributed by atoms with E-state index in [4.69, 9.17) is 4.74 Å². The van der Waals surface area contributed by atoms with Crippen LogP contribution >= 0.6 is 0 Å². The zero-order valence-corrected chi connectivity index (χ0v) is 14.9. The molecule has 3 aromatic rings. The van der Waals surface area contributed by atoms with Crippen LogP contribution in [0.2, 0.25) is 0 Å². The number of amides is 1. The summed E-state index contributed by atoms with van der Waals surface area (Å²) in [7, 11) is 1.63. The third-order valence-electron chi connectivity index (χ3n) is 4.18. The van der Waals surface area contributed by atoms with E-state index in [9.17, 15) is 4.79 Å². The fourth-order valence-corrected chi connectivity index (χ4v) is 2.80. The van der Waals surface area contributed by atoms with Crippen LogP contribution in [0.25, 0.3) is 11.0 Å². The number of aromatic amines is 1. The van der Waals surface area contributed by atoms with Crippen LogP contribution in [0.4, 0.5) is 0 Å². The monoisotopic (exact) mass is 341 g/mol. The molecule has 0 saturated heterocycles. The van der Waals surface area contributed by atoms with Gasteiger partial charge in [-0.25, -0.2) is 9.97 Å². The molecular weight excluding hydrogens is 318 g/mol. The smallest absolute Gasteiger partial charge is 0.243 e. The summed E-state index contributed by atoms with van der Waals surface area (Å²) in [5, 5.41) is 2.93. The van der Waals surface area contributed by atoms with E-state index >= 15 is 0 Å². The zero-order valence-electron chi connectivity index (χ0n) is 14.9. The Bertz CT molecular complexity index is 881. The number of carbonyl (C=O) groups excluding carboxylic acids is 1. The van der Waals surface area contributed by atoms with Crippen molar-refractivity contribution in [2.45, 2.75) is 39.3 Å². The number of hydrogen-bond acceptors (Lipinski definition) is 4. The second-order valence-electron chi connectivity index (χ2n) is 6.31. The van der Waals surface area contributed by atoms with Gasteiger partial charge in [-0.05, 0) is 19.1 Å². The molecule has 0 aliphatic rings. The van der Waals surface area contributed by atoms with Gasteiger partial charge in [0.1, 0.15) is 23.4 Å². The molecule has 0 bridgehead atoms. The van der Waals surface area contributed by atoms with Crippen LogP contribution in [-0.4, -0.2) is 32.5 Å². The van der Waals surface area contributed by atoms with Gasteiger partial charge >= 0.3 is 0 Å². The molecule has 1 unspecified atom stereocenters. The maximum Gasteiger partial charge on any atom is 0.243 e.